The van der Waals surface area contributed by atoms with Gasteiger partial charge in [0, 0.05) is 25.2 Å². The number of fused-ring (bicyclic) bond motifs is 2. The highest BCUT2D eigenvalue weighted by Gasteiger charge is 2.39. The van der Waals surface area contributed by atoms with Crippen LogP contribution in [0.1, 0.15) is 29.3 Å². The summed E-state index contributed by atoms with van der Waals surface area (Å²) in [6.45, 7) is 3.34. The van der Waals surface area contributed by atoms with E-state index in [0.29, 0.717) is 11.3 Å². The first-order valence-electron chi connectivity index (χ1n) is 10.0. The first kappa shape index (κ1) is 21.2. The summed E-state index contributed by atoms with van der Waals surface area (Å²) in [4.78, 5) is 29.6. The summed E-state index contributed by atoms with van der Waals surface area (Å²) >= 11 is 0. The maximum absolute atomic E-state index is 12.9. The van der Waals surface area contributed by atoms with Gasteiger partial charge in [-0.15, -0.1) is 0 Å². The van der Waals surface area contributed by atoms with Crippen molar-refractivity contribution in [1.29, 1.82) is 0 Å². The highest BCUT2D eigenvalue weighted by molar-refractivity contribution is 7.89. The first-order valence-corrected chi connectivity index (χ1v) is 11.6. The Morgan fingerprint density at radius 3 is 2.68 bits per heavy atom. The lowest BCUT2D eigenvalue weighted by atomic mass is 9.96. The smallest absolute Gasteiger partial charge is 0.325 e. The van der Waals surface area contributed by atoms with Gasteiger partial charge in [-0.25, -0.2) is 13.4 Å². The predicted octanol–water partition coefficient (Wildman–Crippen LogP) is 1.82. The molecule has 0 fully saturated rings. The van der Waals surface area contributed by atoms with E-state index >= 15 is 0 Å². The number of hydrogen-bond donors (Lipinski definition) is 0. The van der Waals surface area contributed by atoms with Gasteiger partial charge in [-0.05, 0) is 36.6 Å². The molecule has 1 aliphatic rings. The molecule has 0 amide bonds. The molecule has 0 saturated heterocycles. The SMILES string of the molecule is CCS(=O)(=O)N1Cc2ccccc2CC1C(=O)OCc1cc(=O)n2cc(C)ccc2n1. The van der Waals surface area contributed by atoms with Gasteiger partial charge in [0.1, 0.15) is 18.3 Å². The third-order valence-electron chi connectivity index (χ3n) is 5.42. The Balaban J connectivity index is 1.57. The van der Waals surface area contributed by atoms with Crippen LogP contribution in [0.3, 0.4) is 0 Å². The van der Waals surface area contributed by atoms with E-state index in [9.17, 15) is 18.0 Å². The minimum atomic E-state index is -3.62. The van der Waals surface area contributed by atoms with Gasteiger partial charge >= 0.3 is 5.97 Å². The number of carbonyl (C=O) groups is 1. The van der Waals surface area contributed by atoms with Crippen LogP contribution in [-0.2, 0) is 39.1 Å². The lowest BCUT2D eigenvalue weighted by molar-refractivity contribution is -0.150. The molecule has 0 spiro atoms. The molecule has 2 aromatic heterocycles. The Labute approximate surface area is 180 Å². The topological polar surface area (TPSA) is 98.0 Å². The summed E-state index contributed by atoms with van der Waals surface area (Å²) < 4.78 is 33.3. The van der Waals surface area contributed by atoms with E-state index in [1.165, 1.54) is 14.8 Å². The lowest BCUT2D eigenvalue weighted by Gasteiger charge is -2.34. The number of rotatable bonds is 5. The third-order valence-corrected chi connectivity index (χ3v) is 7.25. The standard InChI is InChI=1S/C22H23N3O5S/c1-3-31(28,29)25-13-17-7-5-4-6-16(17)10-19(25)22(27)30-14-18-11-21(26)24-12-15(2)8-9-20(24)23-18/h4-9,11-12,19H,3,10,13-14H2,1-2H3. The summed E-state index contributed by atoms with van der Waals surface area (Å²) in [7, 11) is -3.62. The minimum absolute atomic E-state index is 0.110. The normalized spacial score (nSPS) is 16.8. The molecule has 1 unspecified atom stereocenters. The van der Waals surface area contributed by atoms with E-state index < -0.39 is 22.0 Å². The van der Waals surface area contributed by atoms with Crippen LogP contribution in [0.15, 0.2) is 53.5 Å². The summed E-state index contributed by atoms with van der Waals surface area (Å²) in [6, 6.07) is 11.4. The zero-order chi connectivity index (χ0) is 22.2. The molecule has 0 radical (unpaired) electrons. The molecule has 1 aliphatic heterocycles. The van der Waals surface area contributed by atoms with Gasteiger partial charge in [0.2, 0.25) is 10.0 Å². The fraction of sp³-hybridized carbons (Fsp3) is 0.318. The number of carbonyl (C=O) groups excluding carboxylic acids is 1. The molecule has 0 N–H and O–H groups in total. The molecule has 3 heterocycles. The van der Waals surface area contributed by atoms with Crippen molar-refractivity contribution in [2.75, 3.05) is 5.75 Å². The molecule has 9 heteroatoms. The Morgan fingerprint density at radius 1 is 1.19 bits per heavy atom. The second kappa shape index (κ2) is 8.24. The molecule has 162 valence electrons. The number of ether oxygens (including phenoxy) is 1. The highest BCUT2D eigenvalue weighted by Crippen LogP contribution is 2.27. The fourth-order valence-corrected chi connectivity index (χ4v) is 4.95. The number of nitrogens with zero attached hydrogens (tertiary/aromatic N) is 3. The van der Waals surface area contributed by atoms with Crippen molar-refractivity contribution in [2.45, 2.75) is 39.5 Å². The van der Waals surface area contributed by atoms with Gasteiger partial charge in [0.15, 0.2) is 0 Å². The van der Waals surface area contributed by atoms with Crippen molar-refractivity contribution in [3.63, 3.8) is 0 Å². The average molecular weight is 442 g/mol. The lowest BCUT2D eigenvalue weighted by Crippen LogP contribution is -2.49. The van der Waals surface area contributed by atoms with Gasteiger partial charge in [0.05, 0.1) is 11.4 Å². The van der Waals surface area contributed by atoms with Gasteiger partial charge < -0.3 is 4.74 Å². The summed E-state index contributed by atoms with van der Waals surface area (Å²) in [5.41, 5.74) is 3.20. The van der Waals surface area contributed by atoms with Crippen LogP contribution in [0, 0.1) is 6.92 Å². The Hall–Kier alpha value is -3.04. The summed E-state index contributed by atoms with van der Waals surface area (Å²) in [5.74, 6) is -0.765. The van der Waals surface area contributed by atoms with E-state index in [1.807, 2.05) is 37.3 Å². The van der Waals surface area contributed by atoms with Gasteiger partial charge in [-0.3, -0.25) is 14.0 Å². The molecule has 3 aromatic rings. The number of sulfonamides is 1. The van der Waals surface area contributed by atoms with E-state index in [4.69, 9.17) is 4.74 Å². The monoisotopic (exact) mass is 441 g/mol. The van der Waals surface area contributed by atoms with Crippen molar-refractivity contribution < 1.29 is 17.9 Å². The van der Waals surface area contributed by atoms with E-state index in [1.54, 1.807) is 19.2 Å². The Kier molecular flexibility index (Phi) is 5.63. The van der Waals surface area contributed by atoms with Crippen molar-refractivity contribution in [3.8, 4) is 0 Å². The van der Waals surface area contributed by atoms with Crippen LogP contribution in [0.4, 0.5) is 0 Å². The van der Waals surface area contributed by atoms with E-state index in [-0.39, 0.29) is 30.9 Å². The average Bonchev–Trinajstić information content (AvgIpc) is 2.77. The predicted molar refractivity (Wildman–Crippen MR) is 115 cm³/mol. The quantitative estimate of drug-likeness (QED) is 0.560. The molecule has 4 rings (SSSR count). The third kappa shape index (κ3) is 4.24. The molecule has 1 aromatic carbocycles. The van der Waals surface area contributed by atoms with Crippen molar-refractivity contribution in [3.05, 3.63) is 81.4 Å². The van der Waals surface area contributed by atoms with Crippen LogP contribution in [0.2, 0.25) is 0 Å². The second-order valence-electron chi connectivity index (χ2n) is 7.56. The summed E-state index contributed by atoms with van der Waals surface area (Å²) in [5, 5.41) is 0. The van der Waals surface area contributed by atoms with Crippen LogP contribution in [-0.4, -0.2) is 39.9 Å². The number of hydrogen-bond acceptors (Lipinski definition) is 6. The maximum atomic E-state index is 12.9. The van der Waals surface area contributed by atoms with Crippen molar-refractivity contribution in [1.82, 2.24) is 13.7 Å². The van der Waals surface area contributed by atoms with Crippen molar-refractivity contribution in [2.24, 2.45) is 0 Å². The molecule has 31 heavy (non-hydrogen) atoms. The largest absolute Gasteiger partial charge is 0.458 e. The fourth-order valence-electron chi connectivity index (χ4n) is 3.73. The maximum Gasteiger partial charge on any atom is 0.325 e. The number of benzene rings is 1. The number of aromatic nitrogens is 2. The molecule has 1 atom stereocenters. The van der Waals surface area contributed by atoms with Crippen LogP contribution in [0.5, 0.6) is 0 Å². The minimum Gasteiger partial charge on any atom is -0.458 e. The summed E-state index contributed by atoms with van der Waals surface area (Å²) in [6.07, 6.45) is 1.93. The van der Waals surface area contributed by atoms with E-state index in [2.05, 4.69) is 4.98 Å². The molecular formula is C22H23N3O5S. The first-order chi connectivity index (χ1) is 14.8. The zero-order valence-corrected chi connectivity index (χ0v) is 18.1. The molecule has 8 nitrogen and oxygen atoms in total. The molecule has 0 aliphatic carbocycles. The van der Waals surface area contributed by atoms with Gasteiger partial charge in [0.25, 0.3) is 5.56 Å². The number of pyridine rings is 1. The van der Waals surface area contributed by atoms with E-state index in [0.717, 1.165) is 16.7 Å². The highest BCUT2D eigenvalue weighted by atomic mass is 32.2. The van der Waals surface area contributed by atoms with Crippen LogP contribution < -0.4 is 5.56 Å². The van der Waals surface area contributed by atoms with Gasteiger partial charge in [-0.2, -0.15) is 4.31 Å². The van der Waals surface area contributed by atoms with Gasteiger partial charge in [-0.1, -0.05) is 30.3 Å². The molecule has 0 saturated carbocycles. The van der Waals surface area contributed by atoms with Crippen LogP contribution >= 0.6 is 0 Å². The second-order valence-corrected chi connectivity index (χ2v) is 9.77. The number of aryl methyl sites for hydroxylation is 1. The Bertz CT molecular complexity index is 1320. The van der Waals surface area contributed by atoms with Crippen molar-refractivity contribution >= 4 is 21.6 Å². The zero-order valence-electron chi connectivity index (χ0n) is 17.3. The Morgan fingerprint density at radius 2 is 1.94 bits per heavy atom. The molecular weight excluding hydrogens is 418 g/mol. The molecule has 0 bridgehead atoms. The number of esters is 1. The van der Waals surface area contributed by atoms with Crippen LogP contribution in [0.25, 0.3) is 5.65 Å².